The quantitative estimate of drug-likeness (QED) is 0.857. The Kier molecular flexibility index (Phi) is 4.28. The van der Waals surface area contributed by atoms with Crippen LogP contribution >= 0.6 is 0 Å². The van der Waals surface area contributed by atoms with Gasteiger partial charge in [0.2, 0.25) is 0 Å². The zero-order valence-electron chi connectivity index (χ0n) is 16.6. The molecular weight excluding hydrogens is 342 g/mol. The lowest BCUT2D eigenvalue weighted by Crippen LogP contribution is -2.47. The van der Waals surface area contributed by atoms with Crippen LogP contribution in [0.15, 0.2) is 12.5 Å². The number of ether oxygens (including phenoxy) is 1. The van der Waals surface area contributed by atoms with E-state index in [1.165, 1.54) is 18.4 Å². The van der Waals surface area contributed by atoms with Gasteiger partial charge in [-0.3, -0.25) is 0 Å². The van der Waals surface area contributed by atoms with Gasteiger partial charge in [-0.2, -0.15) is 0 Å². The molecule has 3 heterocycles. The number of anilines is 1. The fraction of sp³-hybridized carbons (Fsp3) is 0.650. The van der Waals surface area contributed by atoms with Gasteiger partial charge in [-0.25, -0.2) is 14.8 Å². The van der Waals surface area contributed by atoms with Gasteiger partial charge in [0.25, 0.3) is 0 Å². The molecule has 1 amide bonds. The van der Waals surface area contributed by atoms with Crippen LogP contribution in [0.2, 0.25) is 0 Å². The number of nitrogens with one attached hydrogen (secondary N) is 2. The number of rotatable bonds is 3. The van der Waals surface area contributed by atoms with E-state index >= 15 is 0 Å². The van der Waals surface area contributed by atoms with Gasteiger partial charge < -0.3 is 19.9 Å². The van der Waals surface area contributed by atoms with E-state index in [1.54, 1.807) is 11.2 Å². The van der Waals surface area contributed by atoms with E-state index in [0.29, 0.717) is 6.54 Å². The summed E-state index contributed by atoms with van der Waals surface area (Å²) in [5, 5.41) is 4.67. The van der Waals surface area contributed by atoms with E-state index in [-0.39, 0.29) is 17.6 Å². The predicted octanol–water partition coefficient (Wildman–Crippen LogP) is 3.82. The Labute approximate surface area is 159 Å². The molecule has 2 aliphatic rings. The van der Waals surface area contributed by atoms with E-state index in [2.05, 4.69) is 33.4 Å². The molecule has 0 aromatic carbocycles. The monoisotopic (exact) mass is 371 g/mol. The minimum Gasteiger partial charge on any atom is -0.444 e. The normalized spacial score (nSPS) is 21.9. The second kappa shape index (κ2) is 6.39. The number of fused-ring (bicyclic) bond motifs is 1. The average molecular weight is 371 g/mol. The molecule has 1 aliphatic carbocycles. The summed E-state index contributed by atoms with van der Waals surface area (Å²) in [6.45, 7) is 9.34. The lowest BCUT2D eigenvalue weighted by atomic mass is 9.98. The third-order valence-electron chi connectivity index (χ3n) is 5.53. The molecule has 146 valence electrons. The molecule has 1 saturated heterocycles. The molecule has 4 rings (SSSR count). The molecule has 1 aliphatic heterocycles. The molecule has 0 bridgehead atoms. The topological polar surface area (TPSA) is 83.1 Å². The van der Waals surface area contributed by atoms with Crippen LogP contribution in [0.3, 0.4) is 0 Å². The molecule has 2 N–H and O–H groups in total. The number of hydrogen-bond acceptors (Lipinski definition) is 5. The lowest BCUT2D eigenvalue weighted by molar-refractivity contribution is 0.0206. The molecule has 1 saturated carbocycles. The standard InChI is InChI=1S/C20H29N5O2/c1-19(2,3)27-18(26)25-9-5-6-13(11-25)24-17-15-14(20(4)7-8-20)10-21-16(15)22-12-23-17/h10,12-13H,5-9,11H2,1-4H3,(H2,21,22,23,24). The van der Waals surface area contributed by atoms with Gasteiger partial charge in [0, 0.05) is 25.3 Å². The van der Waals surface area contributed by atoms with Crippen LogP contribution in [0.4, 0.5) is 10.6 Å². The third-order valence-corrected chi connectivity index (χ3v) is 5.53. The predicted molar refractivity (Wildman–Crippen MR) is 105 cm³/mol. The highest BCUT2D eigenvalue weighted by Gasteiger charge is 2.41. The highest BCUT2D eigenvalue weighted by Crippen LogP contribution is 2.50. The highest BCUT2D eigenvalue weighted by atomic mass is 16.6. The SMILES string of the molecule is CC(C)(C)OC(=O)N1CCCC(Nc2ncnc3[nH]cc(C4(C)CC4)c23)C1. The summed E-state index contributed by atoms with van der Waals surface area (Å²) >= 11 is 0. The molecule has 1 unspecified atom stereocenters. The van der Waals surface area contributed by atoms with Crippen LogP contribution in [0.5, 0.6) is 0 Å². The van der Waals surface area contributed by atoms with Crippen molar-refractivity contribution in [1.82, 2.24) is 19.9 Å². The van der Waals surface area contributed by atoms with Crippen molar-refractivity contribution in [3.63, 3.8) is 0 Å². The smallest absolute Gasteiger partial charge is 0.410 e. The van der Waals surface area contributed by atoms with Crippen molar-refractivity contribution in [3.05, 3.63) is 18.1 Å². The molecule has 7 heteroatoms. The van der Waals surface area contributed by atoms with Gasteiger partial charge in [-0.05, 0) is 57.4 Å². The first kappa shape index (κ1) is 18.1. The van der Waals surface area contributed by atoms with Gasteiger partial charge >= 0.3 is 6.09 Å². The summed E-state index contributed by atoms with van der Waals surface area (Å²) in [7, 11) is 0. The van der Waals surface area contributed by atoms with Gasteiger partial charge in [0.1, 0.15) is 23.4 Å². The number of piperidine rings is 1. The first-order valence-corrected chi connectivity index (χ1v) is 9.82. The number of amides is 1. The van der Waals surface area contributed by atoms with E-state index in [4.69, 9.17) is 4.74 Å². The number of carbonyl (C=O) groups excluding carboxylic acids is 1. The maximum Gasteiger partial charge on any atom is 0.410 e. The molecule has 1 atom stereocenters. The first-order chi connectivity index (χ1) is 12.8. The molecule has 0 spiro atoms. The van der Waals surface area contributed by atoms with E-state index in [9.17, 15) is 4.79 Å². The Morgan fingerprint density at radius 2 is 2.15 bits per heavy atom. The number of carbonyl (C=O) groups is 1. The van der Waals surface area contributed by atoms with Crippen molar-refractivity contribution in [2.45, 2.75) is 70.4 Å². The van der Waals surface area contributed by atoms with Crippen LogP contribution in [-0.2, 0) is 10.2 Å². The summed E-state index contributed by atoms with van der Waals surface area (Å²) in [4.78, 5) is 26.4. The van der Waals surface area contributed by atoms with Crippen molar-refractivity contribution in [3.8, 4) is 0 Å². The Hall–Kier alpha value is -2.31. The highest BCUT2D eigenvalue weighted by molar-refractivity contribution is 5.91. The number of aromatic nitrogens is 3. The Bertz CT molecular complexity index is 850. The van der Waals surface area contributed by atoms with Crippen LogP contribution < -0.4 is 5.32 Å². The fourth-order valence-electron chi connectivity index (χ4n) is 3.79. The Morgan fingerprint density at radius 1 is 1.37 bits per heavy atom. The minimum absolute atomic E-state index is 0.152. The van der Waals surface area contributed by atoms with Crippen molar-refractivity contribution in [1.29, 1.82) is 0 Å². The van der Waals surface area contributed by atoms with Crippen LogP contribution in [-0.4, -0.2) is 50.7 Å². The Balaban J connectivity index is 1.52. The van der Waals surface area contributed by atoms with Gasteiger partial charge in [-0.1, -0.05) is 6.92 Å². The summed E-state index contributed by atoms with van der Waals surface area (Å²) < 4.78 is 5.53. The maximum absolute atomic E-state index is 12.4. The average Bonchev–Trinajstić information content (AvgIpc) is 3.18. The van der Waals surface area contributed by atoms with Gasteiger partial charge in [-0.15, -0.1) is 0 Å². The second-order valence-corrected chi connectivity index (χ2v) is 9.12. The van der Waals surface area contributed by atoms with Crippen molar-refractivity contribution in [2.24, 2.45) is 0 Å². The number of hydrogen-bond donors (Lipinski definition) is 2. The molecule has 7 nitrogen and oxygen atoms in total. The van der Waals surface area contributed by atoms with Crippen LogP contribution in [0.25, 0.3) is 11.0 Å². The summed E-state index contributed by atoms with van der Waals surface area (Å²) in [6, 6.07) is 0.152. The summed E-state index contributed by atoms with van der Waals surface area (Å²) in [5.74, 6) is 0.861. The van der Waals surface area contributed by atoms with E-state index < -0.39 is 5.60 Å². The number of aromatic amines is 1. The zero-order valence-corrected chi connectivity index (χ0v) is 16.6. The third kappa shape index (κ3) is 3.73. The minimum atomic E-state index is -0.476. The fourth-order valence-corrected chi connectivity index (χ4v) is 3.79. The van der Waals surface area contributed by atoms with Crippen LogP contribution in [0.1, 0.15) is 58.9 Å². The van der Waals surface area contributed by atoms with Crippen LogP contribution in [0, 0.1) is 0 Å². The van der Waals surface area contributed by atoms with E-state index in [0.717, 1.165) is 36.2 Å². The van der Waals surface area contributed by atoms with Gasteiger partial charge in [0.05, 0.1) is 5.39 Å². The first-order valence-electron chi connectivity index (χ1n) is 9.82. The van der Waals surface area contributed by atoms with Gasteiger partial charge in [0.15, 0.2) is 0 Å². The zero-order chi connectivity index (χ0) is 19.2. The summed E-state index contributed by atoms with van der Waals surface area (Å²) in [6.07, 6.45) is 7.77. The molecule has 2 aromatic heterocycles. The van der Waals surface area contributed by atoms with Crippen molar-refractivity contribution in [2.75, 3.05) is 18.4 Å². The number of H-pyrrole nitrogens is 1. The molecule has 27 heavy (non-hydrogen) atoms. The largest absolute Gasteiger partial charge is 0.444 e. The second-order valence-electron chi connectivity index (χ2n) is 9.12. The summed E-state index contributed by atoms with van der Waals surface area (Å²) in [5.41, 5.74) is 1.92. The van der Waals surface area contributed by atoms with Crippen molar-refractivity contribution < 1.29 is 9.53 Å². The molecule has 0 radical (unpaired) electrons. The number of likely N-dealkylation sites (tertiary alicyclic amines) is 1. The Morgan fingerprint density at radius 3 is 2.85 bits per heavy atom. The molecular formula is C20H29N5O2. The molecule has 2 aromatic rings. The number of nitrogens with zero attached hydrogens (tertiary/aromatic N) is 3. The maximum atomic E-state index is 12.4. The van der Waals surface area contributed by atoms with Crippen molar-refractivity contribution >= 4 is 22.9 Å². The van der Waals surface area contributed by atoms with E-state index in [1.807, 2.05) is 20.8 Å². The molecule has 2 fully saturated rings. The lowest BCUT2D eigenvalue weighted by Gasteiger charge is -2.34.